The summed E-state index contributed by atoms with van der Waals surface area (Å²) in [6.07, 6.45) is 0.983. The second-order valence-electron chi connectivity index (χ2n) is 4.78. The second-order valence-corrected chi connectivity index (χ2v) is 5.21. The molecular formula is C13H16ClN5. The Morgan fingerprint density at radius 1 is 1.42 bits per heavy atom. The van der Waals surface area contributed by atoms with Gasteiger partial charge in [-0.2, -0.15) is 4.98 Å². The monoisotopic (exact) mass is 277 g/mol. The smallest absolute Gasteiger partial charge is 0.227 e. The van der Waals surface area contributed by atoms with Crippen LogP contribution in [0.1, 0.15) is 6.42 Å². The third kappa shape index (κ3) is 2.31. The normalized spacial score (nSPS) is 19.1. The largest absolute Gasteiger partial charge is 0.372 e. The van der Waals surface area contributed by atoms with Crippen LogP contribution in [-0.2, 0) is 0 Å². The van der Waals surface area contributed by atoms with E-state index in [9.17, 15) is 0 Å². The summed E-state index contributed by atoms with van der Waals surface area (Å²) >= 11 is 6.02. The zero-order valence-corrected chi connectivity index (χ0v) is 11.5. The van der Waals surface area contributed by atoms with Gasteiger partial charge in [-0.05, 0) is 24.6 Å². The molecule has 0 bridgehead atoms. The maximum atomic E-state index is 6.02. The summed E-state index contributed by atoms with van der Waals surface area (Å²) in [6.45, 7) is 1.71. The molecule has 0 unspecified atom stereocenters. The van der Waals surface area contributed by atoms with Crippen molar-refractivity contribution in [2.24, 2.45) is 5.73 Å². The molecule has 1 atom stereocenters. The average Bonchev–Trinajstić information content (AvgIpc) is 2.84. The van der Waals surface area contributed by atoms with Crippen molar-refractivity contribution < 1.29 is 0 Å². The second kappa shape index (κ2) is 4.83. The van der Waals surface area contributed by atoms with E-state index in [4.69, 9.17) is 17.3 Å². The van der Waals surface area contributed by atoms with E-state index < -0.39 is 0 Å². The summed E-state index contributed by atoms with van der Waals surface area (Å²) in [7, 11) is 1.85. The molecule has 1 aromatic heterocycles. The summed E-state index contributed by atoms with van der Waals surface area (Å²) in [5.74, 6) is 1.52. The van der Waals surface area contributed by atoms with Crippen LogP contribution in [0.4, 0.5) is 11.8 Å². The van der Waals surface area contributed by atoms with Crippen LogP contribution in [0, 0.1) is 0 Å². The molecule has 19 heavy (non-hydrogen) atoms. The van der Waals surface area contributed by atoms with Crippen molar-refractivity contribution in [2.45, 2.75) is 12.5 Å². The number of nitrogens with two attached hydrogens (primary N) is 1. The molecule has 2 aromatic rings. The van der Waals surface area contributed by atoms with E-state index in [1.54, 1.807) is 0 Å². The predicted molar refractivity (Wildman–Crippen MR) is 78.9 cm³/mol. The Morgan fingerprint density at radius 2 is 2.26 bits per heavy atom. The van der Waals surface area contributed by atoms with Gasteiger partial charge in [0.15, 0.2) is 0 Å². The molecule has 1 aliphatic heterocycles. The summed E-state index contributed by atoms with van der Waals surface area (Å²) in [5.41, 5.74) is 6.82. The summed E-state index contributed by atoms with van der Waals surface area (Å²) in [4.78, 5) is 11.3. The van der Waals surface area contributed by atoms with Crippen molar-refractivity contribution >= 4 is 34.3 Å². The summed E-state index contributed by atoms with van der Waals surface area (Å²) in [6, 6.07) is 5.85. The van der Waals surface area contributed by atoms with Crippen molar-refractivity contribution in [1.82, 2.24) is 9.97 Å². The van der Waals surface area contributed by atoms with E-state index in [1.165, 1.54) is 0 Å². The van der Waals surface area contributed by atoms with Crippen molar-refractivity contribution in [1.29, 1.82) is 0 Å². The first-order valence-corrected chi connectivity index (χ1v) is 6.71. The lowest BCUT2D eigenvalue weighted by molar-refractivity contribution is 0.750. The van der Waals surface area contributed by atoms with E-state index in [1.807, 2.05) is 25.2 Å². The Balaban J connectivity index is 2.09. The van der Waals surface area contributed by atoms with Crippen molar-refractivity contribution in [2.75, 3.05) is 30.4 Å². The fraction of sp³-hybridized carbons (Fsp3) is 0.385. The minimum absolute atomic E-state index is 0.211. The number of halogens is 1. The molecule has 1 aromatic carbocycles. The molecule has 3 N–H and O–H groups in total. The lowest BCUT2D eigenvalue weighted by Gasteiger charge is -2.17. The number of aromatic nitrogens is 2. The van der Waals surface area contributed by atoms with Gasteiger partial charge in [0.2, 0.25) is 5.95 Å². The molecule has 0 spiro atoms. The van der Waals surface area contributed by atoms with Crippen LogP contribution >= 0.6 is 11.6 Å². The SMILES string of the molecule is CNc1nc(N2CC[C@@H](N)C2)nc2ccc(Cl)cc12. The fourth-order valence-electron chi connectivity index (χ4n) is 2.39. The van der Waals surface area contributed by atoms with Gasteiger partial charge in [-0.3, -0.25) is 0 Å². The number of fused-ring (bicyclic) bond motifs is 1. The van der Waals surface area contributed by atoms with E-state index in [0.29, 0.717) is 5.02 Å². The van der Waals surface area contributed by atoms with Gasteiger partial charge in [0.05, 0.1) is 5.52 Å². The highest BCUT2D eigenvalue weighted by molar-refractivity contribution is 6.31. The molecule has 2 heterocycles. The average molecular weight is 278 g/mol. The number of rotatable bonds is 2. The molecule has 6 heteroatoms. The van der Waals surface area contributed by atoms with Gasteiger partial charge in [0, 0.05) is 36.6 Å². The van der Waals surface area contributed by atoms with E-state index in [2.05, 4.69) is 20.2 Å². The standard InChI is InChI=1S/C13H16ClN5/c1-16-12-10-6-8(14)2-3-11(10)17-13(18-12)19-5-4-9(15)7-19/h2-3,6,9H,4-5,7,15H2,1H3,(H,16,17,18)/t9-/m1/s1. The van der Waals surface area contributed by atoms with Crippen LogP contribution in [-0.4, -0.2) is 36.1 Å². The molecule has 5 nitrogen and oxygen atoms in total. The van der Waals surface area contributed by atoms with Crippen LogP contribution < -0.4 is 16.0 Å². The molecule has 1 saturated heterocycles. The molecule has 1 fully saturated rings. The number of nitrogens with zero attached hydrogens (tertiary/aromatic N) is 3. The first-order valence-electron chi connectivity index (χ1n) is 6.33. The van der Waals surface area contributed by atoms with Crippen LogP contribution in [0.15, 0.2) is 18.2 Å². The summed E-state index contributed by atoms with van der Waals surface area (Å²) < 4.78 is 0. The van der Waals surface area contributed by atoms with Gasteiger partial charge in [0.25, 0.3) is 0 Å². The Bertz CT molecular complexity index is 615. The molecule has 100 valence electrons. The summed E-state index contributed by atoms with van der Waals surface area (Å²) in [5, 5.41) is 4.72. The zero-order valence-electron chi connectivity index (χ0n) is 10.7. The highest BCUT2D eigenvalue weighted by Crippen LogP contribution is 2.27. The van der Waals surface area contributed by atoms with E-state index in [-0.39, 0.29) is 6.04 Å². The number of anilines is 2. The quantitative estimate of drug-likeness (QED) is 0.877. The van der Waals surface area contributed by atoms with Crippen molar-refractivity contribution in [3.63, 3.8) is 0 Å². The lowest BCUT2D eigenvalue weighted by Crippen LogP contribution is -2.27. The van der Waals surface area contributed by atoms with Gasteiger partial charge in [-0.25, -0.2) is 4.98 Å². The zero-order chi connectivity index (χ0) is 13.4. The van der Waals surface area contributed by atoms with Gasteiger partial charge in [-0.15, -0.1) is 0 Å². The Labute approximate surface area is 116 Å². The van der Waals surface area contributed by atoms with Crippen LogP contribution in [0.2, 0.25) is 5.02 Å². The van der Waals surface area contributed by atoms with Crippen molar-refractivity contribution in [3.05, 3.63) is 23.2 Å². The van der Waals surface area contributed by atoms with Crippen LogP contribution in [0.5, 0.6) is 0 Å². The first-order chi connectivity index (χ1) is 9.17. The third-order valence-corrected chi connectivity index (χ3v) is 3.63. The highest BCUT2D eigenvalue weighted by atomic mass is 35.5. The van der Waals surface area contributed by atoms with Crippen molar-refractivity contribution in [3.8, 4) is 0 Å². The fourth-order valence-corrected chi connectivity index (χ4v) is 2.56. The van der Waals surface area contributed by atoms with Gasteiger partial charge in [-0.1, -0.05) is 11.6 Å². The maximum absolute atomic E-state index is 6.02. The van der Waals surface area contributed by atoms with Crippen LogP contribution in [0.25, 0.3) is 10.9 Å². The molecule has 0 saturated carbocycles. The topological polar surface area (TPSA) is 67.1 Å². The number of hydrogen-bond acceptors (Lipinski definition) is 5. The number of hydrogen-bond donors (Lipinski definition) is 2. The molecule has 0 radical (unpaired) electrons. The molecular weight excluding hydrogens is 262 g/mol. The Kier molecular flexibility index (Phi) is 3.16. The predicted octanol–water partition coefficient (Wildman–Crippen LogP) is 1.86. The molecule has 0 amide bonds. The first kappa shape index (κ1) is 12.4. The number of benzene rings is 1. The molecule has 3 rings (SSSR count). The minimum atomic E-state index is 0.211. The Hall–Kier alpha value is -1.59. The van der Waals surface area contributed by atoms with Crippen LogP contribution in [0.3, 0.4) is 0 Å². The minimum Gasteiger partial charge on any atom is -0.372 e. The van der Waals surface area contributed by atoms with Gasteiger partial charge < -0.3 is 16.0 Å². The highest BCUT2D eigenvalue weighted by Gasteiger charge is 2.22. The lowest BCUT2D eigenvalue weighted by atomic mass is 10.2. The van der Waals surface area contributed by atoms with E-state index >= 15 is 0 Å². The molecule has 0 aliphatic carbocycles. The number of nitrogens with one attached hydrogen (secondary N) is 1. The van der Waals surface area contributed by atoms with Gasteiger partial charge in [0.1, 0.15) is 5.82 Å². The van der Waals surface area contributed by atoms with E-state index in [0.717, 1.165) is 42.2 Å². The van der Waals surface area contributed by atoms with Gasteiger partial charge >= 0.3 is 0 Å². The molecule has 1 aliphatic rings. The maximum Gasteiger partial charge on any atom is 0.227 e. The third-order valence-electron chi connectivity index (χ3n) is 3.39. The Morgan fingerprint density at radius 3 is 2.95 bits per heavy atom.